The number of hydrogen-bond acceptors (Lipinski definition) is 4. The van der Waals surface area contributed by atoms with Gasteiger partial charge in [0.25, 0.3) is 0 Å². The molecule has 0 saturated carbocycles. The van der Waals surface area contributed by atoms with Crippen LogP contribution in [0.2, 0.25) is 0 Å². The van der Waals surface area contributed by atoms with Gasteiger partial charge in [-0.2, -0.15) is 0 Å². The summed E-state index contributed by atoms with van der Waals surface area (Å²) >= 11 is 3.47. The zero-order chi connectivity index (χ0) is 13.1. The number of rotatable bonds is 4. The van der Waals surface area contributed by atoms with Gasteiger partial charge in [-0.1, -0.05) is 0 Å². The number of fused-ring (bicyclic) bond motifs is 1. The number of methoxy groups -OCH3 is 2. The maximum absolute atomic E-state index is 11.6. The Morgan fingerprint density at radius 3 is 3.00 bits per heavy atom. The summed E-state index contributed by atoms with van der Waals surface area (Å²) in [5.74, 6) is 0.834. The molecule has 0 bridgehead atoms. The van der Waals surface area contributed by atoms with Gasteiger partial charge in [0.05, 0.1) is 25.3 Å². The Balaban J connectivity index is 2.18. The first-order valence-electron chi connectivity index (χ1n) is 5.98. The minimum atomic E-state index is -0.132. The van der Waals surface area contributed by atoms with E-state index < -0.39 is 0 Å². The van der Waals surface area contributed by atoms with Crippen molar-refractivity contribution in [3.8, 4) is 0 Å². The second-order valence-electron chi connectivity index (χ2n) is 4.37. The van der Waals surface area contributed by atoms with Crippen molar-refractivity contribution in [2.45, 2.75) is 25.8 Å². The van der Waals surface area contributed by atoms with Gasteiger partial charge in [0.2, 0.25) is 0 Å². The number of halogens is 1. The molecule has 100 valence electrons. The van der Waals surface area contributed by atoms with E-state index in [1.165, 1.54) is 7.11 Å². The molecule has 5 nitrogen and oxygen atoms in total. The lowest BCUT2D eigenvalue weighted by atomic mass is 9.96. The molecule has 0 aliphatic carbocycles. The van der Waals surface area contributed by atoms with Crippen molar-refractivity contribution < 1.29 is 14.3 Å². The van der Waals surface area contributed by atoms with Crippen LogP contribution in [0.4, 0.5) is 0 Å². The van der Waals surface area contributed by atoms with Crippen molar-refractivity contribution in [2.24, 2.45) is 5.92 Å². The first-order chi connectivity index (χ1) is 8.67. The van der Waals surface area contributed by atoms with E-state index in [0.717, 1.165) is 35.5 Å². The molecule has 0 fully saturated rings. The largest absolute Gasteiger partial charge is 0.469 e. The van der Waals surface area contributed by atoms with E-state index in [4.69, 9.17) is 9.47 Å². The third-order valence-electron chi connectivity index (χ3n) is 3.31. The maximum Gasteiger partial charge on any atom is 0.309 e. The molecule has 1 aromatic heterocycles. The van der Waals surface area contributed by atoms with Crippen LogP contribution in [0.5, 0.6) is 0 Å². The third-order valence-corrected chi connectivity index (χ3v) is 3.94. The Morgan fingerprint density at radius 2 is 2.33 bits per heavy atom. The molecule has 0 aromatic carbocycles. The lowest BCUT2D eigenvalue weighted by Gasteiger charge is -2.23. The van der Waals surface area contributed by atoms with E-state index in [-0.39, 0.29) is 11.9 Å². The number of hydrogen-bond donors (Lipinski definition) is 0. The molecule has 0 N–H and O–H groups in total. The van der Waals surface area contributed by atoms with Crippen LogP contribution < -0.4 is 0 Å². The van der Waals surface area contributed by atoms with Crippen LogP contribution in [-0.4, -0.2) is 36.3 Å². The van der Waals surface area contributed by atoms with Crippen molar-refractivity contribution in [1.29, 1.82) is 0 Å². The average Bonchev–Trinajstić information content (AvgIpc) is 2.72. The van der Waals surface area contributed by atoms with Crippen molar-refractivity contribution in [2.75, 3.05) is 20.8 Å². The number of imidazole rings is 1. The van der Waals surface area contributed by atoms with Crippen LogP contribution in [0, 0.1) is 5.92 Å². The summed E-state index contributed by atoms with van der Waals surface area (Å²) in [4.78, 5) is 16.1. The zero-order valence-corrected chi connectivity index (χ0v) is 12.2. The predicted molar refractivity (Wildman–Crippen MR) is 69.3 cm³/mol. The van der Waals surface area contributed by atoms with E-state index >= 15 is 0 Å². The molecular formula is C12H17BrN2O3. The second kappa shape index (κ2) is 5.84. The van der Waals surface area contributed by atoms with Crippen molar-refractivity contribution in [3.05, 3.63) is 16.1 Å². The summed E-state index contributed by atoms with van der Waals surface area (Å²) in [5.41, 5.74) is 1.09. The molecule has 0 amide bonds. The summed E-state index contributed by atoms with van der Waals surface area (Å²) < 4.78 is 12.9. The normalized spacial score (nSPS) is 18.5. The number of aromatic nitrogens is 2. The summed E-state index contributed by atoms with van der Waals surface area (Å²) in [7, 11) is 3.12. The molecule has 18 heavy (non-hydrogen) atoms. The second-order valence-corrected chi connectivity index (χ2v) is 5.12. The SMILES string of the molecule is COCCc1nc(Br)c2n1CCC(C(=O)OC)C2. The molecule has 1 unspecified atom stereocenters. The highest BCUT2D eigenvalue weighted by molar-refractivity contribution is 9.10. The Labute approximate surface area is 115 Å². The fourth-order valence-electron chi connectivity index (χ4n) is 2.34. The fourth-order valence-corrected chi connectivity index (χ4v) is 2.92. The Morgan fingerprint density at radius 1 is 1.56 bits per heavy atom. The highest BCUT2D eigenvalue weighted by Gasteiger charge is 2.29. The first kappa shape index (κ1) is 13.5. The molecule has 6 heteroatoms. The standard InChI is InChI=1S/C12H17BrN2O3/c1-17-6-4-10-14-11(13)9-7-8(12(16)18-2)3-5-15(9)10/h8H,3-7H2,1-2H3. The van der Waals surface area contributed by atoms with Crippen molar-refractivity contribution in [3.63, 3.8) is 0 Å². The van der Waals surface area contributed by atoms with Crippen LogP contribution in [0.15, 0.2) is 4.60 Å². The first-order valence-corrected chi connectivity index (χ1v) is 6.77. The van der Waals surface area contributed by atoms with E-state index in [1.807, 2.05) is 0 Å². The summed E-state index contributed by atoms with van der Waals surface area (Å²) in [5, 5.41) is 0. The molecule has 1 aromatic rings. The number of carbonyl (C=O) groups is 1. The van der Waals surface area contributed by atoms with Crippen LogP contribution in [0.1, 0.15) is 17.9 Å². The van der Waals surface area contributed by atoms with Gasteiger partial charge < -0.3 is 14.0 Å². The molecule has 2 heterocycles. The van der Waals surface area contributed by atoms with Gasteiger partial charge in [0.1, 0.15) is 10.4 Å². The molecule has 0 spiro atoms. The van der Waals surface area contributed by atoms with E-state index in [1.54, 1.807) is 7.11 Å². The number of ether oxygens (including phenoxy) is 2. The molecular weight excluding hydrogens is 300 g/mol. The highest BCUT2D eigenvalue weighted by Crippen LogP contribution is 2.28. The van der Waals surface area contributed by atoms with Crippen LogP contribution in [0.25, 0.3) is 0 Å². The van der Waals surface area contributed by atoms with Crippen molar-refractivity contribution in [1.82, 2.24) is 9.55 Å². The van der Waals surface area contributed by atoms with Crippen LogP contribution in [0.3, 0.4) is 0 Å². The monoisotopic (exact) mass is 316 g/mol. The molecule has 0 saturated heterocycles. The van der Waals surface area contributed by atoms with Crippen molar-refractivity contribution >= 4 is 21.9 Å². The minimum absolute atomic E-state index is 0.0502. The van der Waals surface area contributed by atoms with E-state index in [0.29, 0.717) is 13.0 Å². The van der Waals surface area contributed by atoms with Gasteiger partial charge in [-0.25, -0.2) is 4.98 Å². The van der Waals surface area contributed by atoms with Crippen LogP contribution in [-0.2, 0) is 33.7 Å². The molecule has 1 atom stereocenters. The summed E-state index contributed by atoms with van der Waals surface area (Å²) in [6.45, 7) is 1.47. The lowest BCUT2D eigenvalue weighted by molar-refractivity contribution is -0.146. The molecule has 2 rings (SSSR count). The smallest absolute Gasteiger partial charge is 0.309 e. The summed E-state index contributed by atoms with van der Waals surface area (Å²) in [6, 6.07) is 0. The maximum atomic E-state index is 11.6. The molecule has 1 aliphatic rings. The van der Waals surface area contributed by atoms with Gasteiger partial charge >= 0.3 is 5.97 Å². The number of carbonyl (C=O) groups excluding carboxylic acids is 1. The van der Waals surface area contributed by atoms with Gasteiger partial charge in [-0.05, 0) is 22.4 Å². The lowest BCUT2D eigenvalue weighted by Crippen LogP contribution is -2.27. The van der Waals surface area contributed by atoms with Crippen LogP contribution >= 0.6 is 15.9 Å². The fraction of sp³-hybridized carbons (Fsp3) is 0.667. The Kier molecular flexibility index (Phi) is 4.40. The van der Waals surface area contributed by atoms with Gasteiger partial charge in [-0.15, -0.1) is 0 Å². The highest BCUT2D eigenvalue weighted by atomic mass is 79.9. The molecule has 1 aliphatic heterocycles. The quantitative estimate of drug-likeness (QED) is 0.791. The average molecular weight is 317 g/mol. The topological polar surface area (TPSA) is 53.4 Å². The van der Waals surface area contributed by atoms with Gasteiger partial charge in [0, 0.05) is 26.5 Å². The van der Waals surface area contributed by atoms with Gasteiger partial charge in [-0.3, -0.25) is 4.79 Å². The zero-order valence-electron chi connectivity index (χ0n) is 10.6. The van der Waals surface area contributed by atoms with E-state index in [9.17, 15) is 4.79 Å². The predicted octanol–water partition coefficient (Wildman–Crippen LogP) is 1.57. The number of nitrogens with zero attached hydrogens (tertiary/aromatic N) is 2. The van der Waals surface area contributed by atoms with E-state index in [2.05, 4.69) is 25.5 Å². The Hall–Kier alpha value is -0.880. The van der Waals surface area contributed by atoms with Gasteiger partial charge in [0.15, 0.2) is 0 Å². The molecule has 0 radical (unpaired) electrons. The summed E-state index contributed by atoms with van der Waals surface area (Å²) in [6.07, 6.45) is 2.29. The third kappa shape index (κ3) is 2.59. The Bertz CT molecular complexity index is 445. The number of esters is 1. The minimum Gasteiger partial charge on any atom is -0.469 e.